The van der Waals surface area contributed by atoms with Crippen LogP contribution >= 0.6 is 0 Å². The average molecular weight is 332 g/mol. The van der Waals surface area contributed by atoms with E-state index in [1.807, 2.05) is 30.9 Å². The number of amides is 1. The number of rotatable bonds is 4. The van der Waals surface area contributed by atoms with Crippen LogP contribution in [-0.4, -0.2) is 43.2 Å². The summed E-state index contributed by atoms with van der Waals surface area (Å²) in [5.41, 5.74) is 1.14. The van der Waals surface area contributed by atoms with Crippen LogP contribution in [0.3, 0.4) is 0 Å². The molecule has 0 radical (unpaired) electrons. The number of fused-ring (bicyclic) bond motifs is 1. The normalized spacial score (nSPS) is 23.4. The summed E-state index contributed by atoms with van der Waals surface area (Å²) in [5.74, 6) is 2.50. The van der Waals surface area contributed by atoms with Crippen LogP contribution in [0.2, 0.25) is 0 Å². The highest BCUT2D eigenvalue weighted by Crippen LogP contribution is 2.33. The number of hydrogen-bond acceptors (Lipinski definition) is 4. The molecule has 2 aliphatic rings. The van der Waals surface area contributed by atoms with E-state index in [1.165, 1.54) is 0 Å². The molecule has 0 bridgehead atoms. The fourth-order valence-electron chi connectivity index (χ4n) is 3.53. The third-order valence-corrected chi connectivity index (χ3v) is 4.91. The summed E-state index contributed by atoms with van der Waals surface area (Å²) in [6, 6.07) is 6.47. The zero-order chi connectivity index (χ0) is 17.1. The molecule has 1 N–H and O–H groups in total. The van der Waals surface area contributed by atoms with E-state index in [0.717, 1.165) is 43.1 Å². The van der Waals surface area contributed by atoms with Crippen LogP contribution in [0.25, 0.3) is 0 Å². The lowest BCUT2D eigenvalue weighted by molar-refractivity contribution is -0.136. The van der Waals surface area contributed by atoms with Crippen LogP contribution in [-0.2, 0) is 11.3 Å². The van der Waals surface area contributed by atoms with Crippen LogP contribution in [0, 0.1) is 11.8 Å². The second-order valence-corrected chi connectivity index (χ2v) is 7.13. The Morgan fingerprint density at radius 2 is 2.12 bits per heavy atom. The van der Waals surface area contributed by atoms with E-state index in [9.17, 15) is 4.79 Å². The summed E-state index contributed by atoms with van der Waals surface area (Å²) in [6.45, 7) is 9.82. The van der Waals surface area contributed by atoms with Crippen LogP contribution in [0.1, 0.15) is 32.8 Å². The van der Waals surface area contributed by atoms with E-state index >= 15 is 0 Å². The Hall–Kier alpha value is -1.75. The van der Waals surface area contributed by atoms with E-state index in [1.54, 1.807) is 0 Å². The second kappa shape index (κ2) is 7.43. The third kappa shape index (κ3) is 3.66. The van der Waals surface area contributed by atoms with Gasteiger partial charge in [0.2, 0.25) is 5.91 Å². The van der Waals surface area contributed by atoms with Gasteiger partial charge in [0.1, 0.15) is 13.2 Å². The fourth-order valence-corrected chi connectivity index (χ4v) is 3.53. The molecule has 24 heavy (non-hydrogen) atoms. The first-order valence-corrected chi connectivity index (χ1v) is 8.96. The Balaban J connectivity index is 1.57. The summed E-state index contributed by atoms with van der Waals surface area (Å²) in [7, 11) is 0. The van der Waals surface area contributed by atoms with E-state index < -0.39 is 0 Å². The molecule has 2 atom stereocenters. The number of likely N-dealkylation sites (tertiary alicyclic amines) is 1. The molecule has 0 aromatic heterocycles. The zero-order valence-electron chi connectivity index (χ0n) is 14.9. The van der Waals surface area contributed by atoms with E-state index in [2.05, 4.69) is 18.3 Å². The SMILES string of the molecule is CC(C)C(=O)N1CC[C@@H](NCc2cccc3c2OCCO3)[C@@H](C)C1. The number of hydrogen-bond donors (Lipinski definition) is 1. The van der Waals surface area contributed by atoms with Gasteiger partial charge in [0.25, 0.3) is 0 Å². The molecule has 0 saturated carbocycles. The molecule has 5 nitrogen and oxygen atoms in total. The molecule has 0 aliphatic carbocycles. The monoisotopic (exact) mass is 332 g/mol. The van der Waals surface area contributed by atoms with Crippen molar-refractivity contribution in [2.75, 3.05) is 26.3 Å². The maximum Gasteiger partial charge on any atom is 0.225 e. The molecule has 1 aromatic rings. The Bertz CT molecular complexity index is 588. The van der Waals surface area contributed by atoms with Crippen molar-refractivity contribution >= 4 is 5.91 Å². The first-order valence-electron chi connectivity index (χ1n) is 8.96. The molecule has 5 heteroatoms. The summed E-state index contributed by atoms with van der Waals surface area (Å²) >= 11 is 0. The number of nitrogens with zero attached hydrogens (tertiary/aromatic N) is 1. The lowest BCUT2D eigenvalue weighted by Gasteiger charge is -2.38. The minimum atomic E-state index is 0.0784. The summed E-state index contributed by atoms with van der Waals surface area (Å²) < 4.78 is 11.4. The molecule has 2 aliphatic heterocycles. The van der Waals surface area contributed by atoms with Gasteiger partial charge in [0.05, 0.1) is 0 Å². The van der Waals surface area contributed by atoms with Crippen molar-refractivity contribution in [3.63, 3.8) is 0 Å². The van der Waals surface area contributed by atoms with Gasteiger partial charge in [0.15, 0.2) is 11.5 Å². The zero-order valence-corrected chi connectivity index (χ0v) is 14.9. The predicted molar refractivity (Wildman–Crippen MR) is 93.3 cm³/mol. The highest BCUT2D eigenvalue weighted by Gasteiger charge is 2.29. The fraction of sp³-hybridized carbons (Fsp3) is 0.632. The first-order chi connectivity index (χ1) is 11.6. The summed E-state index contributed by atoms with van der Waals surface area (Å²) in [6.07, 6.45) is 0.992. The molecule has 0 spiro atoms. The Morgan fingerprint density at radius 3 is 2.88 bits per heavy atom. The third-order valence-electron chi connectivity index (χ3n) is 4.91. The predicted octanol–water partition coefficient (Wildman–Crippen LogP) is 2.44. The van der Waals surface area contributed by atoms with Gasteiger partial charge in [-0.1, -0.05) is 32.9 Å². The number of ether oxygens (including phenoxy) is 2. The largest absolute Gasteiger partial charge is 0.486 e. The molecule has 1 amide bonds. The van der Waals surface area contributed by atoms with Crippen LogP contribution in [0.5, 0.6) is 11.5 Å². The summed E-state index contributed by atoms with van der Waals surface area (Å²) in [4.78, 5) is 14.2. The number of nitrogens with one attached hydrogen (secondary N) is 1. The molecule has 0 unspecified atom stereocenters. The van der Waals surface area contributed by atoms with Crippen LogP contribution in [0.15, 0.2) is 18.2 Å². The van der Waals surface area contributed by atoms with E-state index in [-0.39, 0.29) is 11.8 Å². The number of piperidine rings is 1. The van der Waals surface area contributed by atoms with Crippen LogP contribution < -0.4 is 14.8 Å². The minimum absolute atomic E-state index is 0.0784. The number of para-hydroxylation sites is 1. The molecule has 132 valence electrons. The van der Waals surface area contributed by atoms with E-state index in [0.29, 0.717) is 25.2 Å². The molecule has 2 heterocycles. The number of benzene rings is 1. The van der Waals surface area contributed by atoms with Gasteiger partial charge < -0.3 is 19.7 Å². The van der Waals surface area contributed by atoms with Gasteiger partial charge in [-0.2, -0.15) is 0 Å². The lowest BCUT2D eigenvalue weighted by atomic mass is 9.92. The highest BCUT2D eigenvalue weighted by molar-refractivity contribution is 5.78. The van der Waals surface area contributed by atoms with Crippen molar-refractivity contribution < 1.29 is 14.3 Å². The number of carbonyl (C=O) groups is 1. The number of carbonyl (C=O) groups excluding carboxylic acids is 1. The maximum atomic E-state index is 12.2. The quantitative estimate of drug-likeness (QED) is 0.920. The molecular weight excluding hydrogens is 304 g/mol. The average Bonchev–Trinajstić information content (AvgIpc) is 2.60. The Labute approximate surface area is 144 Å². The minimum Gasteiger partial charge on any atom is -0.486 e. The Morgan fingerprint density at radius 1 is 1.33 bits per heavy atom. The summed E-state index contributed by atoms with van der Waals surface area (Å²) in [5, 5.41) is 3.65. The van der Waals surface area contributed by atoms with Crippen molar-refractivity contribution in [3.05, 3.63) is 23.8 Å². The topological polar surface area (TPSA) is 50.8 Å². The van der Waals surface area contributed by atoms with Crippen LogP contribution in [0.4, 0.5) is 0 Å². The highest BCUT2D eigenvalue weighted by atomic mass is 16.6. The van der Waals surface area contributed by atoms with Gasteiger partial charge in [-0.3, -0.25) is 4.79 Å². The lowest BCUT2D eigenvalue weighted by Crippen LogP contribution is -2.50. The molecule has 3 rings (SSSR count). The maximum absolute atomic E-state index is 12.2. The molecule has 1 saturated heterocycles. The van der Waals surface area contributed by atoms with E-state index in [4.69, 9.17) is 9.47 Å². The smallest absolute Gasteiger partial charge is 0.225 e. The molecule has 1 aromatic carbocycles. The van der Waals surface area contributed by atoms with Gasteiger partial charge in [-0.05, 0) is 18.4 Å². The van der Waals surface area contributed by atoms with Gasteiger partial charge >= 0.3 is 0 Å². The second-order valence-electron chi connectivity index (χ2n) is 7.13. The van der Waals surface area contributed by atoms with Crippen molar-refractivity contribution in [1.29, 1.82) is 0 Å². The van der Waals surface area contributed by atoms with Gasteiger partial charge in [-0.15, -0.1) is 0 Å². The van der Waals surface area contributed by atoms with Crippen molar-refractivity contribution in [2.24, 2.45) is 11.8 Å². The Kier molecular flexibility index (Phi) is 5.29. The molecule has 1 fully saturated rings. The van der Waals surface area contributed by atoms with Gasteiger partial charge in [-0.25, -0.2) is 0 Å². The first kappa shape index (κ1) is 17.1. The van der Waals surface area contributed by atoms with Crippen molar-refractivity contribution in [1.82, 2.24) is 10.2 Å². The molecular formula is C19H28N2O3. The van der Waals surface area contributed by atoms with Crippen molar-refractivity contribution in [3.8, 4) is 11.5 Å². The van der Waals surface area contributed by atoms with Gasteiger partial charge in [0, 0.05) is 37.2 Å². The standard InChI is InChI=1S/C19H28N2O3/c1-13(2)19(22)21-8-7-16(14(3)12-21)20-11-15-5-4-6-17-18(15)24-10-9-23-17/h4-6,13-14,16,20H,7-12H2,1-3H3/t14-,16+/m0/s1. The van der Waals surface area contributed by atoms with Crippen molar-refractivity contribution in [2.45, 2.75) is 39.8 Å².